The molecule has 0 spiro atoms. The number of nitrogens with zero attached hydrogens (tertiary/aromatic N) is 1. The van der Waals surface area contributed by atoms with Gasteiger partial charge in [-0.25, -0.2) is 4.79 Å². The first kappa shape index (κ1) is 15.2. The third kappa shape index (κ3) is 4.71. The molecule has 19 heavy (non-hydrogen) atoms. The van der Waals surface area contributed by atoms with Crippen molar-refractivity contribution in [3.05, 3.63) is 35.4 Å². The van der Waals surface area contributed by atoms with Gasteiger partial charge in [-0.15, -0.1) is 0 Å². The van der Waals surface area contributed by atoms with Crippen LogP contribution >= 0.6 is 0 Å². The minimum atomic E-state index is -0.338. The van der Waals surface area contributed by atoms with E-state index in [1.807, 2.05) is 24.1 Å². The Balaban J connectivity index is 2.66. The first-order valence-corrected chi connectivity index (χ1v) is 6.13. The van der Waals surface area contributed by atoms with Gasteiger partial charge in [0.15, 0.2) is 0 Å². The molecule has 0 radical (unpaired) electrons. The molecule has 0 fully saturated rings. The molecule has 0 heterocycles. The van der Waals surface area contributed by atoms with Gasteiger partial charge in [-0.3, -0.25) is 4.79 Å². The second kappa shape index (κ2) is 7.53. The summed E-state index contributed by atoms with van der Waals surface area (Å²) in [4.78, 5) is 24.8. The summed E-state index contributed by atoms with van der Waals surface area (Å²) >= 11 is 0. The zero-order chi connectivity index (χ0) is 14.3. The lowest BCUT2D eigenvalue weighted by molar-refractivity contribution is -0.120. The normalized spacial score (nSPS) is 10.3. The van der Waals surface area contributed by atoms with Crippen molar-refractivity contribution in [3.63, 3.8) is 0 Å². The summed E-state index contributed by atoms with van der Waals surface area (Å²) in [5.41, 5.74) is 1.46. The van der Waals surface area contributed by atoms with Gasteiger partial charge >= 0.3 is 5.97 Å². The second-order valence-corrected chi connectivity index (χ2v) is 4.31. The van der Waals surface area contributed by atoms with Gasteiger partial charge in [0.25, 0.3) is 0 Å². The molecule has 104 valence electrons. The quantitative estimate of drug-likeness (QED) is 0.780. The van der Waals surface area contributed by atoms with Gasteiger partial charge in [-0.1, -0.05) is 18.2 Å². The molecule has 0 unspecified atom stereocenters. The average Bonchev–Trinajstić information content (AvgIpc) is 2.44. The molecule has 1 amide bonds. The fourth-order valence-electron chi connectivity index (χ4n) is 1.75. The lowest BCUT2D eigenvalue weighted by Crippen LogP contribution is -2.26. The maximum Gasteiger partial charge on any atom is 0.338 e. The number of ether oxygens (including phenoxy) is 1. The highest BCUT2D eigenvalue weighted by atomic mass is 16.5. The van der Waals surface area contributed by atoms with Crippen LogP contribution in [-0.2, 0) is 16.1 Å². The van der Waals surface area contributed by atoms with E-state index in [9.17, 15) is 9.59 Å². The Morgan fingerprint density at radius 1 is 1.32 bits per heavy atom. The van der Waals surface area contributed by atoms with E-state index in [2.05, 4.69) is 5.32 Å². The SMILES string of the molecule is CNC(=O)CCN(C)Cc1ccccc1C(=O)OC. The van der Waals surface area contributed by atoms with Crippen LogP contribution in [-0.4, -0.2) is 44.5 Å². The first-order valence-electron chi connectivity index (χ1n) is 6.13. The molecule has 0 saturated carbocycles. The Morgan fingerprint density at radius 3 is 2.63 bits per heavy atom. The third-order valence-electron chi connectivity index (χ3n) is 2.86. The molecule has 5 heteroatoms. The van der Waals surface area contributed by atoms with Crippen molar-refractivity contribution in [3.8, 4) is 0 Å². The maximum atomic E-state index is 11.6. The number of rotatable bonds is 6. The molecule has 1 N–H and O–H groups in total. The number of benzene rings is 1. The van der Waals surface area contributed by atoms with Crippen LogP contribution in [0.1, 0.15) is 22.3 Å². The van der Waals surface area contributed by atoms with Crippen LogP contribution in [0.25, 0.3) is 0 Å². The molecule has 0 bridgehead atoms. The first-order chi connectivity index (χ1) is 9.08. The Bertz CT molecular complexity index is 446. The molecule has 5 nitrogen and oxygen atoms in total. The number of nitrogens with one attached hydrogen (secondary N) is 1. The molecule has 0 aliphatic carbocycles. The number of esters is 1. The van der Waals surface area contributed by atoms with E-state index in [4.69, 9.17) is 4.74 Å². The summed E-state index contributed by atoms with van der Waals surface area (Å²) in [5, 5.41) is 2.58. The number of methoxy groups -OCH3 is 1. The second-order valence-electron chi connectivity index (χ2n) is 4.31. The van der Waals surface area contributed by atoms with Crippen LogP contribution in [0.5, 0.6) is 0 Å². The summed E-state index contributed by atoms with van der Waals surface area (Å²) < 4.78 is 4.75. The highest BCUT2D eigenvalue weighted by Gasteiger charge is 2.12. The van der Waals surface area contributed by atoms with Crippen LogP contribution in [0.15, 0.2) is 24.3 Å². The topological polar surface area (TPSA) is 58.6 Å². The molecule has 1 aromatic rings. The fraction of sp³-hybridized carbons (Fsp3) is 0.429. The van der Waals surface area contributed by atoms with Gasteiger partial charge < -0.3 is 15.0 Å². The van der Waals surface area contributed by atoms with Crippen molar-refractivity contribution in [1.29, 1.82) is 0 Å². The summed E-state index contributed by atoms with van der Waals surface area (Å²) in [6, 6.07) is 7.32. The van der Waals surface area contributed by atoms with Crippen molar-refractivity contribution in [2.45, 2.75) is 13.0 Å². The average molecular weight is 264 g/mol. The van der Waals surface area contributed by atoms with Crippen molar-refractivity contribution in [2.24, 2.45) is 0 Å². The van der Waals surface area contributed by atoms with Crippen LogP contribution in [0.3, 0.4) is 0 Å². The summed E-state index contributed by atoms with van der Waals surface area (Å²) in [6.07, 6.45) is 0.438. The zero-order valence-corrected chi connectivity index (χ0v) is 11.6. The predicted molar refractivity (Wildman–Crippen MR) is 72.8 cm³/mol. The molecular formula is C14H20N2O3. The molecular weight excluding hydrogens is 244 g/mol. The highest BCUT2D eigenvalue weighted by Crippen LogP contribution is 2.12. The number of amides is 1. The lowest BCUT2D eigenvalue weighted by atomic mass is 10.1. The number of hydrogen-bond acceptors (Lipinski definition) is 4. The van der Waals surface area contributed by atoms with Crippen molar-refractivity contribution >= 4 is 11.9 Å². The Kier molecular flexibility index (Phi) is 6.02. The Morgan fingerprint density at radius 2 is 2.00 bits per heavy atom. The van der Waals surface area contributed by atoms with Gasteiger partial charge in [0.2, 0.25) is 5.91 Å². The molecule has 1 aromatic carbocycles. The van der Waals surface area contributed by atoms with E-state index in [0.717, 1.165) is 5.56 Å². The van der Waals surface area contributed by atoms with Crippen molar-refractivity contribution in [2.75, 3.05) is 27.7 Å². The van der Waals surface area contributed by atoms with E-state index in [0.29, 0.717) is 25.1 Å². The largest absolute Gasteiger partial charge is 0.465 e. The van der Waals surface area contributed by atoms with Crippen LogP contribution in [0.4, 0.5) is 0 Å². The zero-order valence-electron chi connectivity index (χ0n) is 11.6. The van der Waals surface area contributed by atoms with Crippen LogP contribution < -0.4 is 5.32 Å². The molecule has 0 aliphatic rings. The smallest absolute Gasteiger partial charge is 0.338 e. The summed E-state index contributed by atoms with van der Waals surface area (Å²) in [6.45, 7) is 1.23. The van der Waals surface area contributed by atoms with Gasteiger partial charge in [0, 0.05) is 26.6 Å². The third-order valence-corrected chi connectivity index (χ3v) is 2.86. The van der Waals surface area contributed by atoms with Crippen molar-refractivity contribution in [1.82, 2.24) is 10.2 Å². The van der Waals surface area contributed by atoms with E-state index in [1.54, 1.807) is 19.2 Å². The fourth-order valence-corrected chi connectivity index (χ4v) is 1.75. The van der Waals surface area contributed by atoms with Crippen molar-refractivity contribution < 1.29 is 14.3 Å². The van der Waals surface area contributed by atoms with Gasteiger partial charge in [-0.05, 0) is 18.7 Å². The van der Waals surface area contributed by atoms with Gasteiger partial charge in [0.05, 0.1) is 12.7 Å². The molecule has 0 aromatic heterocycles. The maximum absolute atomic E-state index is 11.6. The molecule has 0 aliphatic heterocycles. The molecule has 0 atom stereocenters. The molecule has 1 rings (SSSR count). The standard InChI is InChI=1S/C14H20N2O3/c1-15-13(17)8-9-16(2)10-11-6-4-5-7-12(11)14(18)19-3/h4-7H,8-10H2,1-3H3,(H,15,17). The van der Waals surface area contributed by atoms with E-state index in [-0.39, 0.29) is 11.9 Å². The van der Waals surface area contributed by atoms with Crippen LogP contribution in [0, 0.1) is 0 Å². The van der Waals surface area contributed by atoms with E-state index < -0.39 is 0 Å². The Hall–Kier alpha value is -1.88. The predicted octanol–water partition coefficient (Wildman–Crippen LogP) is 1.04. The van der Waals surface area contributed by atoms with Gasteiger partial charge in [-0.2, -0.15) is 0 Å². The number of carbonyl (C=O) groups excluding carboxylic acids is 2. The molecule has 0 saturated heterocycles. The Labute approximate surface area is 113 Å². The van der Waals surface area contributed by atoms with E-state index >= 15 is 0 Å². The van der Waals surface area contributed by atoms with E-state index in [1.165, 1.54) is 7.11 Å². The summed E-state index contributed by atoms with van der Waals surface area (Å²) in [7, 11) is 4.90. The summed E-state index contributed by atoms with van der Waals surface area (Å²) in [5.74, 6) is -0.330. The number of hydrogen-bond donors (Lipinski definition) is 1. The number of carbonyl (C=O) groups is 2. The van der Waals surface area contributed by atoms with Gasteiger partial charge in [0.1, 0.15) is 0 Å². The van der Waals surface area contributed by atoms with Crippen LogP contribution in [0.2, 0.25) is 0 Å². The minimum Gasteiger partial charge on any atom is -0.465 e. The highest BCUT2D eigenvalue weighted by molar-refractivity contribution is 5.90. The minimum absolute atomic E-state index is 0.00750. The lowest BCUT2D eigenvalue weighted by Gasteiger charge is -2.17. The monoisotopic (exact) mass is 264 g/mol.